The van der Waals surface area contributed by atoms with Gasteiger partial charge in [0.1, 0.15) is 0 Å². The smallest absolute Gasteiger partial charge is 0.335 e. The van der Waals surface area contributed by atoms with E-state index >= 15 is 0 Å². The van der Waals surface area contributed by atoms with E-state index in [0.717, 1.165) is 29.7 Å². The lowest BCUT2D eigenvalue weighted by molar-refractivity contribution is 0.0697. The van der Waals surface area contributed by atoms with Gasteiger partial charge in [-0.05, 0) is 54.5 Å². The summed E-state index contributed by atoms with van der Waals surface area (Å²) in [6, 6.07) is 5.58. The van der Waals surface area contributed by atoms with Gasteiger partial charge in [0.25, 0.3) is 0 Å². The maximum atomic E-state index is 10.8. The number of anilines is 1. The van der Waals surface area contributed by atoms with Crippen molar-refractivity contribution in [3.63, 3.8) is 0 Å². The molecule has 0 saturated heterocycles. The number of nitrogens with one attached hydrogen (secondary N) is 1. The van der Waals surface area contributed by atoms with Crippen LogP contribution in [0.2, 0.25) is 0 Å². The first kappa shape index (κ1) is 16.0. The number of rotatable bonds is 7. The van der Waals surface area contributed by atoms with Gasteiger partial charge in [0.2, 0.25) is 0 Å². The summed E-state index contributed by atoms with van der Waals surface area (Å²) in [5.74, 6) is -0.913. The summed E-state index contributed by atoms with van der Waals surface area (Å²) in [5, 5.41) is 12.2. The standard InChI is InChI=1S/C14H21BrN2O2/c1-4-10(2)17(3)8-7-16-13-6-5-11(14(18)19)9-12(13)15/h5-6,9-10,16H,4,7-8H2,1-3H3,(H,18,19). The van der Waals surface area contributed by atoms with Gasteiger partial charge < -0.3 is 15.3 Å². The summed E-state index contributed by atoms with van der Waals surface area (Å²) in [6.45, 7) is 6.15. The lowest BCUT2D eigenvalue weighted by atomic mass is 10.2. The van der Waals surface area contributed by atoms with Crippen LogP contribution in [0.15, 0.2) is 22.7 Å². The molecule has 0 aliphatic rings. The summed E-state index contributed by atoms with van der Waals surface area (Å²) in [5.41, 5.74) is 1.21. The first-order chi connectivity index (χ1) is 8.95. The molecule has 0 aliphatic heterocycles. The third kappa shape index (κ3) is 4.84. The number of nitrogens with zero attached hydrogens (tertiary/aromatic N) is 1. The summed E-state index contributed by atoms with van der Waals surface area (Å²) < 4.78 is 0.776. The fraction of sp³-hybridized carbons (Fsp3) is 0.500. The summed E-state index contributed by atoms with van der Waals surface area (Å²) in [4.78, 5) is 13.1. The van der Waals surface area contributed by atoms with E-state index in [1.54, 1.807) is 18.2 Å². The zero-order chi connectivity index (χ0) is 14.4. The Morgan fingerprint density at radius 2 is 2.21 bits per heavy atom. The molecule has 0 fully saturated rings. The number of aromatic carboxylic acids is 1. The summed E-state index contributed by atoms with van der Waals surface area (Å²) >= 11 is 3.39. The fourth-order valence-electron chi connectivity index (χ4n) is 1.69. The highest BCUT2D eigenvalue weighted by atomic mass is 79.9. The number of benzene rings is 1. The predicted octanol–water partition coefficient (Wildman–Crippen LogP) is 3.29. The molecule has 0 saturated carbocycles. The minimum atomic E-state index is -0.913. The molecule has 0 aromatic heterocycles. The van der Waals surface area contributed by atoms with Crippen LogP contribution in [0.4, 0.5) is 5.69 Å². The van der Waals surface area contributed by atoms with Gasteiger partial charge >= 0.3 is 5.97 Å². The third-order valence-electron chi connectivity index (χ3n) is 3.34. The van der Waals surface area contributed by atoms with Crippen molar-refractivity contribution in [2.24, 2.45) is 0 Å². The molecule has 1 aromatic carbocycles. The van der Waals surface area contributed by atoms with E-state index in [1.165, 1.54) is 0 Å². The number of hydrogen-bond acceptors (Lipinski definition) is 3. The van der Waals surface area contributed by atoms with Gasteiger partial charge in [-0.15, -0.1) is 0 Å². The Balaban J connectivity index is 2.52. The van der Waals surface area contributed by atoms with Gasteiger partial charge in [-0.1, -0.05) is 6.92 Å². The minimum Gasteiger partial charge on any atom is -0.478 e. The second kappa shape index (κ2) is 7.50. The Labute approximate surface area is 122 Å². The summed E-state index contributed by atoms with van der Waals surface area (Å²) in [6.07, 6.45) is 1.13. The molecule has 5 heteroatoms. The lowest BCUT2D eigenvalue weighted by Crippen LogP contribution is -2.32. The molecule has 0 heterocycles. The Kier molecular flexibility index (Phi) is 6.31. The molecular weight excluding hydrogens is 308 g/mol. The maximum Gasteiger partial charge on any atom is 0.335 e. The van der Waals surface area contributed by atoms with Crippen molar-refractivity contribution >= 4 is 27.6 Å². The molecule has 106 valence electrons. The number of carbonyl (C=O) groups is 1. The Bertz CT molecular complexity index is 437. The highest BCUT2D eigenvalue weighted by molar-refractivity contribution is 9.10. The van der Waals surface area contributed by atoms with E-state index in [4.69, 9.17) is 5.11 Å². The molecule has 1 rings (SSSR count). The number of halogens is 1. The van der Waals surface area contributed by atoms with E-state index < -0.39 is 5.97 Å². The van der Waals surface area contributed by atoms with Crippen molar-refractivity contribution in [2.75, 3.05) is 25.5 Å². The minimum absolute atomic E-state index is 0.286. The quantitative estimate of drug-likeness (QED) is 0.806. The average molecular weight is 329 g/mol. The first-order valence-corrected chi connectivity index (χ1v) is 7.22. The first-order valence-electron chi connectivity index (χ1n) is 6.42. The number of carboxylic acids is 1. The topological polar surface area (TPSA) is 52.6 Å². The SMILES string of the molecule is CCC(C)N(C)CCNc1ccc(C(=O)O)cc1Br. The molecule has 1 unspecified atom stereocenters. The van der Waals surface area contributed by atoms with Gasteiger partial charge in [-0.3, -0.25) is 0 Å². The van der Waals surface area contributed by atoms with Crippen LogP contribution < -0.4 is 5.32 Å². The number of hydrogen-bond donors (Lipinski definition) is 2. The van der Waals surface area contributed by atoms with Crippen molar-refractivity contribution < 1.29 is 9.90 Å². The van der Waals surface area contributed by atoms with Gasteiger partial charge in [-0.25, -0.2) is 4.79 Å². The lowest BCUT2D eigenvalue weighted by Gasteiger charge is -2.23. The Morgan fingerprint density at radius 1 is 1.53 bits per heavy atom. The molecule has 0 bridgehead atoms. The Hall–Kier alpha value is -1.07. The van der Waals surface area contributed by atoms with Crippen molar-refractivity contribution in [3.8, 4) is 0 Å². The largest absolute Gasteiger partial charge is 0.478 e. The van der Waals surface area contributed by atoms with E-state index in [1.807, 2.05) is 0 Å². The predicted molar refractivity (Wildman–Crippen MR) is 82.0 cm³/mol. The van der Waals surface area contributed by atoms with Crippen molar-refractivity contribution in [3.05, 3.63) is 28.2 Å². The van der Waals surface area contributed by atoms with Gasteiger partial charge in [0, 0.05) is 29.3 Å². The van der Waals surface area contributed by atoms with Crippen molar-refractivity contribution in [1.29, 1.82) is 0 Å². The number of likely N-dealkylation sites (N-methyl/N-ethyl adjacent to an activating group) is 1. The molecule has 0 radical (unpaired) electrons. The normalized spacial score (nSPS) is 12.5. The zero-order valence-electron chi connectivity index (χ0n) is 11.6. The van der Waals surface area contributed by atoms with Crippen molar-refractivity contribution in [1.82, 2.24) is 4.90 Å². The van der Waals surface area contributed by atoms with E-state index in [-0.39, 0.29) is 5.56 Å². The van der Waals surface area contributed by atoms with Crippen LogP contribution >= 0.6 is 15.9 Å². The van der Waals surface area contributed by atoms with Crippen LogP contribution in [0.5, 0.6) is 0 Å². The third-order valence-corrected chi connectivity index (χ3v) is 4.00. The molecule has 2 N–H and O–H groups in total. The van der Waals surface area contributed by atoms with Crippen LogP contribution in [-0.4, -0.2) is 42.2 Å². The zero-order valence-corrected chi connectivity index (χ0v) is 13.2. The molecule has 19 heavy (non-hydrogen) atoms. The van der Waals surface area contributed by atoms with Crippen LogP contribution in [0.25, 0.3) is 0 Å². The highest BCUT2D eigenvalue weighted by Gasteiger charge is 2.08. The van der Waals surface area contributed by atoms with Gasteiger partial charge in [-0.2, -0.15) is 0 Å². The second-order valence-electron chi connectivity index (χ2n) is 4.66. The van der Waals surface area contributed by atoms with E-state index in [9.17, 15) is 4.79 Å². The Morgan fingerprint density at radius 3 is 2.74 bits per heavy atom. The molecule has 0 spiro atoms. The van der Waals surface area contributed by atoms with Crippen molar-refractivity contribution in [2.45, 2.75) is 26.3 Å². The molecule has 1 atom stereocenters. The fourth-order valence-corrected chi connectivity index (χ4v) is 2.21. The monoisotopic (exact) mass is 328 g/mol. The van der Waals surface area contributed by atoms with Crippen LogP contribution in [0.1, 0.15) is 30.6 Å². The second-order valence-corrected chi connectivity index (χ2v) is 5.52. The van der Waals surface area contributed by atoms with Crippen LogP contribution in [-0.2, 0) is 0 Å². The summed E-state index contributed by atoms with van der Waals surface area (Å²) in [7, 11) is 2.11. The van der Waals surface area contributed by atoms with Gasteiger partial charge in [0.05, 0.1) is 5.56 Å². The molecule has 0 amide bonds. The van der Waals surface area contributed by atoms with E-state index in [0.29, 0.717) is 6.04 Å². The molecular formula is C14H21BrN2O2. The van der Waals surface area contributed by atoms with Crippen LogP contribution in [0, 0.1) is 0 Å². The maximum absolute atomic E-state index is 10.8. The molecule has 1 aromatic rings. The number of carboxylic acid groups (broad SMARTS) is 1. The van der Waals surface area contributed by atoms with Crippen LogP contribution in [0.3, 0.4) is 0 Å². The van der Waals surface area contributed by atoms with E-state index in [2.05, 4.69) is 47.0 Å². The molecule has 4 nitrogen and oxygen atoms in total. The average Bonchev–Trinajstić information content (AvgIpc) is 2.39. The molecule has 0 aliphatic carbocycles. The highest BCUT2D eigenvalue weighted by Crippen LogP contribution is 2.23. The van der Waals surface area contributed by atoms with Gasteiger partial charge in [0.15, 0.2) is 0 Å².